The van der Waals surface area contributed by atoms with Gasteiger partial charge < -0.3 is 0 Å². The topological polar surface area (TPSA) is 34.1 Å². The molecule has 0 bridgehead atoms. The van der Waals surface area contributed by atoms with Crippen LogP contribution in [0.4, 0.5) is 26.3 Å². The lowest BCUT2D eigenvalue weighted by Gasteiger charge is -1.98. The fraction of sp³-hybridized carbons (Fsp3) is 0. The van der Waals surface area contributed by atoms with Crippen LogP contribution in [0.1, 0.15) is 20.7 Å². The van der Waals surface area contributed by atoms with E-state index in [-0.39, 0.29) is 6.07 Å². The first-order valence-corrected chi connectivity index (χ1v) is 6.49. The number of carbonyl (C=O) groups is 2. The summed E-state index contributed by atoms with van der Waals surface area (Å²) in [5.74, 6) is -8.44. The number of hydrogen-bond acceptors (Lipinski definition) is 2. The quantitative estimate of drug-likeness (QED) is 0.315. The average Bonchev–Trinajstić information content (AvgIpc) is 2.48. The van der Waals surface area contributed by atoms with Crippen LogP contribution >= 0.6 is 23.2 Å². The lowest BCUT2D eigenvalue weighted by molar-refractivity contribution is 0.106. The van der Waals surface area contributed by atoms with Crippen molar-refractivity contribution in [2.75, 3.05) is 0 Å². The Labute approximate surface area is 140 Å². The predicted molar refractivity (Wildman–Crippen MR) is 73.0 cm³/mol. The van der Waals surface area contributed by atoms with Gasteiger partial charge in [0.05, 0.1) is 11.1 Å². The Morgan fingerprint density at radius 3 is 1.62 bits per heavy atom. The van der Waals surface area contributed by atoms with Gasteiger partial charge in [0.25, 0.3) is 10.5 Å². The number of carbonyl (C=O) groups excluding carboxylic acids is 2. The molecular weight excluding hydrogens is 385 g/mol. The summed E-state index contributed by atoms with van der Waals surface area (Å²) in [7, 11) is 0. The van der Waals surface area contributed by atoms with Crippen molar-refractivity contribution in [3.63, 3.8) is 0 Å². The summed E-state index contributed by atoms with van der Waals surface area (Å²) in [6, 6.07) is 2.10. The summed E-state index contributed by atoms with van der Waals surface area (Å²) >= 11 is 9.73. The summed E-state index contributed by atoms with van der Waals surface area (Å²) in [5, 5.41) is -2.32. The Hall–Kier alpha value is -2.06. The Balaban J connectivity index is 0.000000240. The van der Waals surface area contributed by atoms with Crippen molar-refractivity contribution in [1.29, 1.82) is 0 Å². The van der Waals surface area contributed by atoms with Crippen LogP contribution in [0, 0.1) is 34.9 Å². The van der Waals surface area contributed by atoms with Gasteiger partial charge in [-0.05, 0) is 41.4 Å². The highest BCUT2D eigenvalue weighted by Crippen LogP contribution is 2.16. The minimum atomic E-state index is -1.69. The fourth-order valence-corrected chi connectivity index (χ4v) is 1.64. The standard InChI is InChI=1S/2C7H2ClF3O/c8-7(12)3-1-5(10)6(11)2-4(3)9;8-7(12)3-1-2-4(9)6(11)5(3)10/h2*1-2H. The van der Waals surface area contributed by atoms with Gasteiger partial charge in [-0.15, -0.1) is 0 Å². The minimum Gasteiger partial charge on any atom is -0.275 e. The van der Waals surface area contributed by atoms with E-state index in [4.69, 9.17) is 23.2 Å². The van der Waals surface area contributed by atoms with Crippen molar-refractivity contribution in [2.45, 2.75) is 0 Å². The Morgan fingerprint density at radius 1 is 0.625 bits per heavy atom. The van der Waals surface area contributed by atoms with Gasteiger partial charge in [0.1, 0.15) is 5.82 Å². The highest BCUT2D eigenvalue weighted by molar-refractivity contribution is 6.68. The van der Waals surface area contributed by atoms with Crippen molar-refractivity contribution >= 4 is 33.7 Å². The van der Waals surface area contributed by atoms with Gasteiger partial charge >= 0.3 is 0 Å². The maximum Gasteiger partial charge on any atom is 0.255 e. The third kappa shape index (κ3) is 4.72. The maximum absolute atomic E-state index is 12.6. The first kappa shape index (κ1) is 20.0. The summed E-state index contributed by atoms with van der Waals surface area (Å²) < 4.78 is 74.4. The Kier molecular flexibility index (Phi) is 6.80. The molecule has 0 fully saturated rings. The molecule has 2 aromatic rings. The number of halogens is 8. The smallest absolute Gasteiger partial charge is 0.255 e. The lowest BCUT2D eigenvalue weighted by atomic mass is 10.2. The molecule has 128 valence electrons. The molecule has 10 heteroatoms. The number of rotatable bonds is 2. The lowest BCUT2D eigenvalue weighted by Crippen LogP contribution is -1.99. The minimum absolute atomic E-state index is 0.269. The van der Waals surface area contributed by atoms with Crippen LogP contribution in [-0.4, -0.2) is 10.5 Å². The molecule has 0 atom stereocenters. The van der Waals surface area contributed by atoms with Crippen LogP contribution in [0.5, 0.6) is 0 Å². The van der Waals surface area contributed by atoms with Crippen molar-refractivity contribution in [3.05, 3.63) is 70.3 Å². The monoisotopic (exact) mass is 388 g/mol. The molecule has 0 aliphatic rings. The molecule has 2 aromatic carbocycles. The molecule has 0 aliphatic carbocycles. The van der Waals surface area contributed by atoms with E-state index < -0.39 is 56.5 Å². The first-order chi connectivity index (χ1) is 11.1. The summed E-state index contributed by atoms with van der Waals surface area (Å²) in [4.78, 5) is 20.7. The zero-order chi connectivity index (χ0) is 18.6. The van der Waals surface area contributed by atoms with E-state index in [0.29, 0.717) is 12.1 Å². The van der Waals surface area contributed by atoms with E-state index >= 15 is 0 Å². The van der Waals surface area contributed by atoms with E-state index in [2.05, 4.69) is 0 Å². The van der Waals surface area contributed by atoms with E-state index in [1.54, 1.807) is 0 Å². The van der Waals surface area contributed by atoms with Crippen molar-refractivity contribution in [2.24, 2.45) is 0 Å². The van der Waals surface area contributed by atoms with Gasteiger partial charge in [-0.2, -0.15) is 0 Å². The van der Waals surface area contributed by atoms with Crippen LogP contribution in [0.15, 0.2) is 24.3 Å². The SMILES string of the molecule is O=C(Cl)c1cc(F)c(F)cc1F.O=C(Cl)c1ccc(F)c(F)c1F. The highest BCUT2D eigenvalue weighted by atomic mass is 35.5. The van der Waals surface area contributed by atoms with Crippen LogP contribution < -0.4 is 0 Å². The molecule has 0 heterocycles. The van der Waals surface area contributed by atoms with Crippen molar-refractivity contribution < 1.29 is 35.9 Å². The molecule has 2 rings (SSSR count). The molecule has 0 N–H and O–H groups in total. The van der Waals surface area contributed by atoms with Crippen molar-refractivity contribution in [1.82, 2.24) is 0 Å². The Morgan fingerprint density at radius 2 is 1.12 bits per heavy atom. The molecule has 0 aromatic heterocycles. The zero-order valence-electron chi connectivity index (χ0n) is 11.1. The molecule has 0 saturated carbocycles. The number of hydrogen-bond donors (Lipinski definition) is 0. The summed E-state index contributed by atoms with van der Waals surface area (Å²) in [6.45, 7) is 0. The molecule has 0 unspecified atom stereocenters. The first-order valence-electron chi connectivity index (χ1n) is 5.74. The molecule has 0 saturated heterocycles. The zero-order valence-corrected chi connectivity index (χ0v) is 12.7. The Bertz CT molecular complexity index is 798. The van der Waals surface area contributed by atoms with Crippen LogP contribution in [0.25, 0.3) is 0 Å². The third-order valence-corrected chi connectivity index (χ3v) is 2.88. The van der Waals surface area contributed by atoms with Crippen LogP contribution in [0.3, 0.4) is 0 Å². The number of benzene rings is 2. The molecule has 0 spiro atoms. The van der Waals surface area contributed by atoms with E-state index in [1.807, 2.05) is 0 Å². The second-order valence-corrected chi connectivity index (χ2v) is 4.70. The second-order valence-electron chi connectivity index (χ2n) is 4.02. The van der Waals surface area contributed by atoms with Gasteiger partial charge in [0.15, 0.2) is 29.1 Å². The van der Waals surface area contributed by atoms with Gasteiger partial charge in [-0.1, -0.05) is 0 Å². The van der Waals surface area contributed by atoms with Gasteiger partial charge in [-0.25, -0.2) is 26.3 Å². The molecule has 0 radical (unpaired) electrons. The van der Waals surface area contributed by atoms with E-state index in [0.717, 1.165) is 6.07 Å². The molecule has 0 aliphatic heterocycles. The van der Waals surface area contributed by atoms with Crippen molar-refractivity contribution in [3.8, 4) is 0 Å². The highest BCUT2D eigenvalue weighted by Gasteiger charge is 2.16. The molecule has 24 heavy (non-hydrogen) atoms. The molecule has 2 nitrogen and oxygen atoms in total. The van der Waals surface area contributed by atoms with Gasteiger partial charge in [-0.3, -0.25) is 9.59 Å². The third-order valence-electron chi connectivity index (χ3n) is 2.47. The predicted octanol–water partition coefficient (Wildman–Crippen LogP) is 4.97. The largest absolute Gasteiger partial charge is 0.275 e. The normalized spacial score (nSPS) is 10.0. The maximum atomic E-state index is 12.6. The van der Waals surface area contributed by atoms with Gasteiger partial charge in [0.2, 0.25) is 0 Å². The summed E-state index contributed by atoms with van der Waals surface area (Å²) in [6.07, 6.45) is 0. The fourth-order valence-electron chi connectivity index (χ4n) is 1.35. The van der Waals surface area contributed by atoms with Crippen LogP contribution in [0.2, 0.25) is 0 Å². The molecule has 0 amide bonds. The van der Waals surface area contributed by atoms with E-state index in [1.165, 1.54) is 0 Å². The average molecular weight is 389 g/mol. The second kappa shape index (κ2) is 8.16. The summed E-state index contributed by atoms with van der Waals surface area (Å²) in [5.41, 5.74) is -1.34. The van der Waals surface area contributed by atoms with Gasteiger partial charge in [0, 0.05) is 6.07 Å². The van der Waals surface area contributed by atoms with Crippen LogP contribution in [-0.2, 0) is 0 Å². The molecular formula is C14H4Cl2F6O2. The van der Waals surface area contributed by atoms with E-state index in [9.17, 15) is 35.9 Å².